The summed E-state index contributed by atoms with van der Waals surface area (Å²) in [6.45, 7) is 1.01. The molecule has 2 rings (SSSR count). The Kier molecular flexibility index (Phi) is 7.00. The molecule has 0 radical (unpaired) electrons. The lowest BCUT2D eigenvalue weighted by atomic mass is 10.0. The molecule has 1 unspecified atom stereocenters. The minimum atomic E-state index is 0.0668. The summed E-state index contributed by atoms with van der Waals surface area (Å²) in [5, 5.41) is 3.92. The van der Waals surface area contributed by atoms with Gasteiger partial charge in [0.25, 0.3) is 0 Å². The number of nitrogens with one attached hydrogen (secondary N) is 1. The molecule has 0 aliphatic heterocycles. The Bertz CT molecular complexity index is 681. The van der Waals surface area contributed by atoms with Crippen molar-refractivity contribution in [3.63, 3.8) is 0 Å². The second-order valence-corrected chi connectivity index (χ2v) is 6.96. The van der Waals surface area contributed by atoms with Crippen LogP contribution in [-0.4, -0.2) is 52.0 Å². The number of likely N-dealkylation sites (N-methyl/N-ethyl adjacent to an activating group) is 1. The molecule has 25 heavy (non-hydrogen) atoms. The number of carbonyl (C=O) groups is 1. The monoisotopic (exact) mass is 359 g/mol. The van der Waals surface area contributed by atoms with E-state index in [1.165, 1.54) is 11.3 Å². The SMILES string of the molecule is CN(C)c1ccc(C(CNCC(=O)c2ccc(Cl)cc2)N(C)C)cc1. The van der Waals surface area contributed by atoms with Crippen LogP contribution in [0.5, 0.6) is 0 Å². The Morgan fingerprint density at radius 1 is 1.00 bits per heavy atom. The van der Waals surface area contributed by atoms with Crippen LogP contribution in [-0.2, 0) is 0 Å². The van der Waals surface area contributed by atoms with E-state index in [1.807, 2.05) is 28.2 Å². The number of Topliss-reactive ketones (excluding diaryl/α,β-unsaturated/α-hetero) is 1. The Morgan fingerprint density at radius 2 is 1.60 bits per heavy atom. The molecular formula is C20H26ClN3O. The second kappa shape index (κ2) is 8.99. The summed E-state index contributed by atoms with van der Waals surface area (Å²) in [6.07, 6.45) is 0. The highest BCUT2D eigenvalue weighted by atomic mass is 35.5. The quantitative estimate of drug-likeness (QED) is 0.732. The maximum absolute atomic E-state index is 12.2. The Morgan fingerprint density at radius 3 is 2.12 bits per heavy atom. The number of benzene rings is 2. The van der Waals surface area contributed by atoms with Gasteiger partial charge < -0.3 is 15.1 Å². The molecule has 134 valence electrons. The maximum Gasteiger partial charge on any atom is 0.176 e. The van der Waals surface area contributed by atoms with Gasteiger partial charge in [-0.25, -0.2) is 0 Å². The third kappa shape index (κ3) is 5.56. The molecule has 0 spiro atoms. The molecule has 0 aliphatic carbocycles. The fourth-order valence-electron chi connectivity index (χ4n) is 2.65. The molecule has 0 amide bonds. The number of carbonyl (C=O) groups excluding carboxylic acids is 1. The summed E-state index contributed by atoms with van der Waals surface area (Å²) in [6, 6.07) is 15.7. The number of ketones is 1. The molecule has 0 saturated carbocycles. The Balaban J connectivity index is 1.95. The van der Waals surface area contributed by atoms with E-state index in [-0.39, 0.29) is 11.8 Å². The molecule has 0 saturated heterocycles. The van der Waals surface area contributed by atoms with Crippen molar-refractivity contribution in [1.82, 2.24) is 10.2 Å². The first kappa shape index (κ1) is 19.4. The Labute approximate surface area is 155 Å². The Hall–Kier alpha value is -1.88. The normalized spacial score (nSPS) is 12.2. The molecule has 1 N–H and O–H groups in total. The molecule has 2 aromatic rings. The number of nitrogens with zero attached hydrogens (tertiary/aromatic N) is 2. The standard InChI is InChI=1S/C20H26ClN3O/c1-23(2)18-11-7-15(8-12-18)19(24(3)4)13-22-14-20(25)16-5-9-17(21)10-6-16/h5-12,19,22H,13-14H2,1-4H3. The van der Waals surface area contributed by atoms with Crippen LogP contribution < -0.4 is 10.2 Å². The minimum Gasteiger partial charge on any atom is -0.378 e. The van der Waals surface area contributed by atoms with Gasteiger partial charge in [-0.2, -0.15) is 0 Å². The molecule has 0 bridgehead atoms. The molecule has 1 atom stereocenters. The van der Waals surface area contributed by atoms with Gasteiger partial charge in [-0.15, -0.1) is 0 Å². The van der Waals surface area contributed by atoms with Crippen molar-refractivity contribution in [3.8, 4) is 0 Å². The van der Waals surface area contributed by atoms with Gasteiger partial charge in [0.05, 0.1) is 6.54 Å². The van der Waals surface area contributed by atoms with Crippen molar-refractivity contribution in [3.05, 3.63) is 64.7 Å². The minimum absolute atomic E-state index is 0.0668. The zero-order valence-electron chi connectivity index (χ0n) is 15.3. The van der Waals surface area contributed by atoms with Gasteiger partial charge in [0.1, 0.15) is 0 Å². The molecule has 0 fully saturated rings. The average Bonchev–Trinajstić information content (AvgIpc) is 2.59. The lowest BCUT2D eigenvalue weighted by Gasteiger charge is -2.25. The van der Waals surface area contributed by atoms with E-state index in [4.69, 9.17) is 11.6 Å². The summed E-state index contributed by atoms with van der Waals surface area (Å²) < 4.78 is 0. The van der Waals surface area contributed by atoms with Gasteiger partial charge in [-0.05, 0) is 56.1 Å². The lowest BCUT2D eigenvalue weighted by molar-refractivity contribution is 0.0988. The van der Waals surface area contributed by atoms with E-state index < -0.39 is 0 Å². The van der Waals surface area contributed by atoms with Crippen molar-refractivity contribution >= 4 is 23.1 Å². The van der Waals surface area contributed by atoms with Gasteiger partial charge in [-0.1, -0.05) is 23.7 Å². The first-order chi connectivity index (χ1) is 11.9. The third-order valence-electron chi connectivity index (χ3n) is 4.21. The van der Waals surface area contributed by atoms with Crippen LogP contribution in [0.1, 0.15) is 22.0 Å². The first-order valence-electron chi connectivity index (χ1n) is 8.31. The number of hydrogen-bond acceptors (Lipinski definition) is 4. The first-order valence-corrected chi connectivity index (χ1v) is 8.69. The maximum atomic E-state index is 12.2. The molecule has 0 heterocycles. The number of hydrogen-bond donors (Lipinski definition) is 1. The van der Waals surface area contributed by atoms with Gasteiger partial charge in [0.15, 0.2) is 5.78 Å². The second-order valence-electron chi connectivity index (χ2n) is 6.53. The van der Waals surface area contributed by atoms with Gasteiger partial charge in [0, 0.05) is 43.0 Å². The van der Waals surface area contributed by atoms with Crippen molar-refractivity contribution in [1.29, 1.82) is 0 Å². The highest BCUT2D eigenvalue weighted by molar-refractivity contribution is 6.30. The highest BCUT2D eigenvalue weighted by Crippen LogP contribution is 2.21. The number of anilines is 1. The van der Waals surface area contributed by atoms with E-state index in [2.05, 4.69) is 39.4 Å². The average molecular weight is 360 g/mol. The molecule has 5 heteroatoms. The van der Waals surface area contributed by atoms with Crippen LogP contribution in [0, 0.1) is 0 Å². The predicted molar refractivity (Wildman–Crippen MR) is 106 cm³/mol. The molecular weight excluding hydrogens is 334 g/mol. The van der Waals surface area contributed by atoms with Gasteiger partial charge >= 0.3 is 0 Å². The van der Waals surface area contributed by atoms with Crippen molar-refractivity contribution in [2.75, 3.05) is 46.2 Å². The highest BCUT2D eigenvalue weighted by Gasteiger charge is 2.15. The smallest absolute Gasteiger partial charge is 0.176 e. The fourth-order valence-corrected chi connectivity index (χ4v) is 2.78. The van der Waals surface area contributed by atoms with Gasteiger partial charge in [0.2, 0.25) is 0 Å². The van der Waals surface area contributed by atoms with Crippen LogP contribution in [0.25, 0.3) is 0 Å². The lowest BCUT2D eigenvalue weighted by Crippen LogP contribution is -2.33. The zero-order valence-corrected chi connectivity index (χ0v) is 16.0. The number of rotatable bonds is 8. The molecule has 2 aromatic carbocycles. The van der Waals surface area contributed by atoms with E-state index in [0.29, 0.717) is 23.7 Å². The molecule has 0 aromatic heterocycles. The summed E-state index contributed by atoms with van der Waals surface area (Å²) in [7, 11) is 8.16. The van der Waals surface area contributed by atoms with Crippen molar-refractivity contribution < 1.29 is 4.79 Å². The van der Waals surface area contributed by atoms with Crippen LogP contribution >= 0.6 is 11.6 Å². The molecule has 4 nitrogen and oxygen atoms in total. The number of halogens is 1. The summed E-state index contributed by atoms with van der Waals surface area (Å²) >= 11 is 5.86. The topological polar surface area (TPSA) is 35.6 Å². The van der Waals surface area contributed by atoms with E-state index in [9.17, 15) is 4.79 Å². The predicted octanol–water partition coefficient (Wildman–Crippen LogP) is 3.48. The zero-order chi connectivity index (χ0) is 18.4. The van der Waals surface area contributed by atoms with Crippen LogP contribution in [0.2, 0.25) is 5.02 Å². The van der Waals surface area contributed by atoms with E-state index >= 15 is 0 Å². The summed E-state index contributed by atoms with van der Waals surface area (Å²) in [5.41, 5.74) is 3.07. The van der Waals surface area contributed by atoms with Crippen LogP contribution in [0.15, 0.2) is 48.5 Å². The third-order valence-corrected chi connectivity index (χ3v) is 4.46. The van der Waals surface area contributed by atoms with Crippen LogP contribution in [0.4, 0.5) is 5.69 Å². The van der Waals surface area contributed by atoms with Gasteiger partial charge in [-0.3, -0.25) is 4.79 Å². The van der Waals surface area contributed by atoms with Crippen LogP contribution in [0.3, 0.4) is 0 Å². The van der Waals surface area contributed by atoms with Crippen molar-refractivity contribution in [2.24, 2.45) is 0 Å². The van der Waals surface area contributed by atoms with E-state index in [1.54, 1.807) is 24.3 Å². The molecule has 0 aliphatic rings. The summed E-state index contributed by atoms with van der Waals surface area (Å²) in [5.74, 6) is 0.0668. The largest absolute Gasteiger partial charge is 0.378 e. The van der Waals surface area contributed by atoms with E-state index in [0.717, 1.165) is 0 Å². The fraction of sp³-hybridized carbons (Fsp3) is 0.350. The summed E-state index contributed by atoms with van der Waals surface area (Å²) in [4.78, 5) is 16.5. The van der Waals surface area contributed by atoms with Crippen molar-refractivity contribution in [2.45, 2.75) is 6.04 Å².